The van der Waals surface area contributed by atoms with Crippen molar-refractivity contribution >= 4 is 0 Å². The van der Waals surface area contributed by atoms with E-state index in [1.807, 2.05) is 42.9 Å². The quantitative estimate of drug-likeness (QED) is 0.849. The van der Waals surface area contributed by atoms with Gasteiger partial charge in [-0.05, 0) is 33.0 Å². The molecule has 5 nitrogen and oxygen atoms in total. The molecule has 0 aliphatic rings. The number of benzene rings is 1. The van der Waals surface area contributed by atoms with Crippen LogP contribution in [0, 0.1) is 13.8 Å². The van der Waals surface area contributed by atoms with Gasteiger partial charge in [-0.25, -0.2) is 0 Å². The molecule has 0 aliphatic heterocycles. The smallest absolute Gasteiger partial charge is 0.161 e. The van der Waals surface area contributed by atoms with E-state index in [4.69, 9.17) is 9.47 Å². The molecule has 1 N–H and O–H groups in total. The van der Waals surface area contributed by atoms with Crippen molar-refractivity contribution in [1.29, 1.82) is 0 Å². The van der Waals surface area contributed by atoms with Crippen LogP contribution in [0.25, 0.3) is 0 Å². The SMILES string of the molecule is CNCc1c(C)nn(CCOc2ccccc2OC)c1C. The van der Waals surface area contributed by atoms with Gasteiger partial charge in [-0.15, -0.1) is 0 Å². The molecule has 1 heterocycles. The molecule has 1 aromatic carbocycles. The monoisotopic (exact) mass is 289 g/mol. The maximum absolute atomic E-state index is 5.79. The number of methoxy groups -OCH3 is 1. The van der Waals surface area contributed by atoms with Crippen molar-refractivity contribution < 1.29 is 9.47 Å². The van der Waals surface area contributed by atoms with Gasteiger partial charge in [-0.1, -0.05) is 12.1 Å². The van der Waals surface area contributed by atoms with Gasteiger partial charge in [0.1, 0.15) is 6.61 Å². The Hall–Kier alpha value is -2.01. The molecule has 0 aliphatic carbocycles. The van der Waals surface area contributed by atoms with Crippen molar-refractivity contribution in [3.05, 3.63) is 41.2 Å². The highest BCUT2D eigenvalue weighted by Crippen LogP contribution is 2.25. The summed E-state index contributed by atoms with van der Waals surface area (Å²) in [5.74, 6) is 1.51. The van der Waals surface area contributed by atoms with Crippen LogP contribution in [-0.2, 0) is 13.1 Å². The van der Waals surface area contributed by atoms with E-state index < -0.39 is 0 Å². The molecule has 0 bridgehead atoms. The Morgan fingerprint density at radius 3 is 2.57 bits per heavy atom. The van der Waals surface area contributed by atoms with E-state index in [0.717, 1.165) is 23.7 Å². The van der Waals surface area contributed by atoms with Gasteiger partial charge in [0, 0.05) is 17.8 Å². The number of ether oxygens (including phenoxy) is 2. The standard InChI is InChI=1S/C16H23N3O2/c1-12-14(11-17-3)13(2)19(18-12)9-10-21-16-8-6-5-7-15(16)20-4/h5-8,17H,9-11H2,1-4H3. The second-order valence-electron chi connectivity index (χ2n) is 4.90. The lowest BCUT2D eigenvalue weighted by Gasteiger charge is -2.11. The maximum Gasteiger partial charge on any atom is 0.161 e. The zero-order chi connectivity index (χ0) is 15.2. The van der Waals surface area contributed by atoms with E-state index in [1.165, 1.54) is 11.3 Å². The van der Waals surface area contributed by atoms with Crippen LogP contribution in [0.15, 0.2) is 24.3 Å². The molecule has 0 amide bonds. The largest absolute Gasteiger partial charge is 0.493 e. The highest BCUT2D eigenvalue weighted by Gasteiger charge is 2.10. The summed E-state index contributed by atoms with van der Waals surface area (Å²) >= 11 is 0. The predicted molar refractivity (Wildman–Crippen MR) is 83.0 cm³/mol. The van der Waals surface area contributed by atoms with Crippen molar-refractivity contribution in [3.63, 3.8) is 0 Å². The summed E-state index contributed by atoms with van der Waals surface area (Å²) in [5.41, 5.74) is 3.51. The van der Waals surface area contributed by atoms with Gasteiger partial charge < -0.3 is 14.8 Å². The van der Waals surface area contributed by atoms with E-state index in [2.05, 4.69) is 17.3 Å². The third-order valence-corrected chi connectivity index (χ3v) is 3.51. The van der Waals surface area contributed by atoms with Crippen molar-refractivity contribution in [3.8, 4) is 11.5 Å². The van der Waals surface area contributed by atoms with Crippen LogP contribution >= 0.6 is 0 Å². The first-order valence-corrected chi connectivity index (χ1v) is 7.10. The Labute approximate surface area is 125 Å². The van der Waals surface area contributed by atoms with Crippen molar-refractivity contribution in [2.75, 3.05) is 20.8 Å². The molecule has 0 saturated heterocycles. The lowest BCUT2D eigenvalue weighted by molar-refractivity contribution is 0.273. The fourth-order valence-corrected chi connectivity index (χ4v) is 2.36. The highest BCUT2D eigenvalue weighted by atomic mass is 16.5. The Morgan fingerprint density at radius 1 is 1.19 bits per heavy atom. The number of aromatic nitrogens is 2. The van der Waals surface area contributed by atoms with Crippen molar-refractivity contribution in [1.82, 2.24) is 15.1 Å². The van der Waals surface area contributed by atoms with Crippen LogP contribution in [0.3, 0.4) is 0 Å². The number of para-hydroxylation sites is 2. The molecule has 1 aromatic heterocycles. The van der Waals surface area contributed by atoms with E-state index in [-0.39, 0.29) is 0 Å². The Morgan fingerprint density at radius 2 is 1.90 bits per heavy atom. The van der Waals surface area contributed by atoms with Crippen LogP contribution < -0.4 is 14.8 Å². The van der Waals surface area contributed by atoms with Gasteiger partial charge in [0.15, 0.2) is 11.5 Å². The summed E-state index contributed by atoms with van der Waals surface area (Å²) in [6, 6.07) is 7.67. The molecular weight excluding hydrogens is 266 g/mol. The third kappa shape index (κ3) is 3.55. The first kappa shape index (κ1) is 15.4. The lowest BCUT2D eigenvalue weighted by Crippen LogP contribution is -2.12. The summed E-state index contributed by atoms with van der Waals surface area (Å²) < 4.78 is 13.1. The summed E-state index contributed by atoms with van der Waals surface area (Å²) in [5, 5.41) is 7.74. The van der Waals surface area contributed by atoms with E-state index >= 15 is 0 Å². The maximum atomic E-state index is 5.79. The Balaban J connectivity index is 1.99. The Kier molecular flexibility index (Phi) is 5.22. The molecular formula is C16H23N3O2. The minimum absolute atomic E-state index is 0.557. The molecule has 21 heavy (non-hydrogen) atoms. The van der Waals surface area contributed by atoms with Crippen molar-refractivity contribution in [2.24, 2.45) is 0 Å². The number of aryl methyl sites for hydroxylation is 1. The molecule has 0 fully saturated rings. The predicted octanol–water partition coefficient (Wildman–Crippen LogP) is 2.31. The fourth-order valence-electron chi connectivity index (χ4n) is 2.36. The van der Waals surface area contributed by atoms with Gasteiger partial charge >= 0.3 is 0 Å². The topological polar surface area (TPSA) is 48.3 Å². The molecule has 2 rings (SSSR count). The van der Waals surface area contributed by atoms with Crippen LogP contribution in [-0.4, -0.2) is 30.5 Å². The first-order valence-electron chi connectivity index (χ1n) is 7.10. The summed E-state index contributed by atoms with van der Waals surface area (Å²) in [6.07, 6.45) is 0. The highest BCUT2D eigenvalue weighted by molar-refractivity contribution is 5.39. The average molecular weight is 289 g/mol. The molecule has 0 atom stereocenters. The van der Waals surface area contributed by atoms with Crippen molar-refractivity contribution in [2.45, 2.75) is 26.9 Å². The lowest BCUT2D eigenvalue weighted by atomic mass is 10.2. The van der Waals surface area contributed by atoms with Gasteiger partial charge in [-0.3, -0.25) is 4.68 Å². The van der Waals surface area contributed by atoms with Crippen LogP contribution in [0.2, 0.25) is 0 Å². The van der Waals surface area contributed by atoms with Crippen LogP contribution in [0.4, 0.5) is 0 Å². The number of hydrogen-bond donors (Lipinski definition) is 1. The van der Waals surface area contributed by atoms with Gasteiger partial charge in [0.05, 0.1) is 19.3 Å². The average Bonchev–Trinajstić information content (AvgIpc) is 2.76. The summed E-state index contributed by atoms with van der Waals surface area (Å²) in [6.45, 7) is 6.24. The first-order chi connectivity index (χ1) is 10.2. The minimum atomic E-state index is 0.557. The zero-order valence-electron chi connectivity index (χ0n) is 13.1. The molecule has 114 valence electrons. The molecule has 0 unspecified atom stereocenters. The Bertz CT molecular complexity index is 593. The van der Waals surface area contributed by atoms with E-state index in [9.17, 15) is 0 Å². The van der Waals surface area contributed by atoms with Gasteiger partial charge in [0.25, 0.3) is 0 Å². The van der Waals surface area contributed by atoms with E-state index in [1.54, 1.807) is 7.11 Å². The second-order valence-corrected chi connectivity index (χ2v) is 4.90. The van der Waals surface area contributed by atoms with Crippen LogP contribution in [0.5, 0.6) is 11.5 Å². The zero-order valence-corrected chi connectivity index (χ0v) is 13.1. The third-order valence-electron chi connectivity index (χ3n) is 3.51. The van der Waals surface area contributed by atoms with Crippen LogP contribution in [0.1, 0.15) is 17.0 Å². The molecule has 0 radical (unpaired) electrons. The van der Waals surface area contributed by atoms with E-state index in [0.29, 0.717) is 13.2 Å². The number of nitrogens with zero attached hydrogens (tertiary/aromatic N) is 2. The minimum Gasteiger partial charge on any atom is -0.493 e. The summed E-state index contributed by atoms with van der Waals surface area (Å²) in [7, 11) is 3.59. The second kappa shape index (κ2) is 7.13. The number of hydrogen-bond acceptors (Lipinski definition) is 4. The molecule has 0 spiro atoms. The number of nitrogens with one attached hydrogen (secondary N) is 1. The van der Waals surface area contributed by atoms with Gasteiger partial charge in [-0.2, -0.15) is 5.10 Å². The molecule has 0 saturated carbocycles. The normalized spacial score (nSPS) is 10.7. The molecule has 5 heteroatoms. The summed E-state index contributed by atoms with van der Waals surface area (Å²) in [4.78, 5) is 0. The number of rotatable bonds is 7. The molecule has 2 aromatic rings. The van der Waals surface area contributed by atoms with Gasteiger partial charge in [0.2, 0.25) is 0 Å². The fraction of sp³-hybridized carbons (Fsp3) is 0.438.